The van der Waals surface area contributed by atoms with Crippen molar-refractivity contribution in [1.29, 1.82) is 5.26 Å². The van der Waals surface area contributed by atoms with E-state index in [1.54, 1.807) is 12.1 Å². The van der Waals surface area contributed by atoms with E-state index in [4.69, 9.17) is 5.26 Å². The van der Waals surface area contributed by atoms with Gasteiger partial charge >= 0.3 is 0 Å². The standard InChI is InChI=1S/C15H13FN2/c1-18(14-5-3-2-4-6-14)11-12-7-8-15(16)13(9-12)10-17/h2-9H,11H2,1H3. The predicted octanol–water partition coefficient (Wildman–Crippen LogP) is 3.33. The molecule has 0 aromatic heterocycles. The Labute approximate surface area is 106 Å². The number of nitriles is 1. The molecule has 2 aromatic carbocycles. The highest BCUT2D eigenvalue weighted by molar-refractivity contribution is 5.46. The van der Waals surface area contributed by atoms with Gasteiger partial charge in [0, 0.05) is 19.3 Å². The van der Waals surface area contributed by atoms with Crippen molar-refractivity contribution in [2.24, 2.45) is 0 Å². The van der Waals surface area contributed by atoms with E-state index in [2.05, 4.69) is 0 Å². The van der Waals surface area contributed by atoms with Crippen LogP contribution in [0.4, 0.5) is 10.1 Å². The third kappa shape index (κ3) is 2.67. The second-order valence-electron chi connectivity index (χ2n) is 4.12. The van der Waals surface area contributed by atoms with Gasteiger partial charge in [0.15, 0.2) is 0 Å². The summed E-state index contributed by atoms with van der Waals surface area (Å²) in [5.41, 5.74) is 2.09. The minimum absolute atomic E-state index is 0.0916. The van der Waals surface area contributed by atoms with E-state index >= 15 is 0 Å². The molecule has 0 saturated carbocycles. The maximum Gasteiger partial charge on any atom is 0.140 e. The predicted molar refractivity (Wildman–Crippen MR) is 69.7 cm³/mol. The van der Waals surface area contributed by atoms with Gasteiger partial charge in [0.2, 0.25) is 0 Å². The first-order valence-corrected chi connectivity index (χ1v) is 5.65. The van der Waals surface area contributed by atoms with Gasteiger partial charge in [-0.15, -0.1) is 0 Å². The Morgan fingerprint density at radius 1 is 1.17 bits per heavy atom. The molecular formula is C15H13FN2. The molecule has 0 bridgehead atoms. The number of para-hydroxylation sites is 1. The Morgan fingerprint density at radius 3 is 2.56 bits per heavy atom. The summed E-state index contributed by atoms with van der Waals surface area (Å²) >= 11 is 0. The van der Waals surface area contributed by atoms with Crippen molar-refractivity contribution in [3.63, 3.8) is 0 Å². The maximum atomic E-state index is 13.2. The van der Waals surface area contributed by atoms with E-state index < -0.39 is 5.82 Å². The highest BCUT2D eigenvalue weighted by Gasteiger charge is 2.05. The molecule has 2 nitrogen and oxygen atoms in total. The molecule has 0 atom stereocenters. The van der Waals surface area contributed by atoms with Crippen molar-refractivity contribution in [2.45, 2.75) is 6.54 Å². The summed E-state index contributed by atoms with van der Waals surface area (Å²) in [5.74, 6) is -0.469. The van der Waals surface area contributed by atoms with Crippen LogP contribution in [0.15, 0.2) is 48.5 Å². The van der Waals surface area contributed by atoms with Crippen LogP contribution in [0.2, 0.25) is 0 Å². The number of halogens is 1. The molecule has 0 spiro atoms. The molecule has 3 heteroatoms. The average molecular weight is 240 g/mol. The minimum atomic E-state index is -0.469. The first-order chi connectivity index (χ1) is 8.70. The molecule has 0 aliphatic heterocycles. The van der Waals surface area contributed by atoms with Crippen molar-refractivity contribution < 1.29 is 4.39 Å². The van der Waals surface area contributed by atoms with Crippen molar-refractivity contribution >= 4 is 5.69 Å². The summed E-state index contributed by atoms with van der Waals surface area (Å²) in [6.45, 7) is 0.638. The van der Waals surface area contributed by atoms with Crippen LogP contribution >= 0.6 is 0 Å². The van der Waals surface area contributed by atoms with Crippen LogP contribution in [0.5, 0.6) is 0 Å². The monoisotopic (exact) mass is 240 g/mol. The Kier molecular flexibility index (Phi) is 3.59. The molecule has 0 aliphatic carbocycles. The summed E-state index contributed by atoms with van der Waals surface area (Å²) in [6.07, 6.45) is 0. The molecule has 18 heavy (non-hydrogen) atoms. The molecular weight excluding hydrogens is 227 g/mol. The number of anilines is 1. The summed E-state index contributed by atoms with van der Waals surface area (Å²) in [7, 11) is 1.96. The molecule has 2 rings (SSSR count). The van der Waals surface area contributed by atoms with E-state index in [0.717, 1.165) is 11.3 Å². The quantitative estimate of drug-likeness (QED) is 0.822. The fourth-order valence-corrected chi connectivity index (χ4v) is 1.80. The lowest BCUT2D eigenvalue weighted by molar-refractivity contribution is 0.623. The highest BCUT2D eigenvalue weighted by Crippen LogP contribution is 2.16. The van der Waals surface area contributed by atoms with Gasteiger partial charge in [0.05, 0.1) is 5.56 Å². The van der Waals surface area contributed by atoms with E-state index in [-0.39, 0.29) is 5.56 Å². The van der Waals surface area contributed by atoms with Gasteiger partial charge in [-0.05, 0) is 29.8 Å². The molecule has 0 saturated heterocycles. The normalized spacial score (nSPS) is 9.83. The van der Waals surface area contributed by atoms with Crippen LogP contribution < -0.4 is 4.90 Å². The zero-order chi connectivity index (χ0) is 13.0. The summed E-state index contributed by atoms with van der Waals surface area (Å²) in [4.78, 5) is 2.05. The van der Waals surface area contributed by atoms with Crippen LogP contribution in [0.3, 0.4) is 0 Å². The van der Waals surface area contributed by atoms with Gasteiger partial charge < -0.3 is 4.90 Å². The van der Waals surface area contributed by atoms with Crippen molar-refractivity contribution in [1.82, 2.24) is 0 Å². The zero-order valence-corrected chi connectivity index (χ0v) is 10.1. The SMILES string of the molecule is CN(Cc1ccc(F)c(C#N)c1)c1ccccc1. The van der Waals surface area contributed by atoms with Gasteiger partial charge in [0.1, 0.15) is 11.9 Å². The molecule has 0 fully saturated rings. The first kappa shape index (κ1) is 12.1. The Bertz CT molecular complexity index is 573. The van der Waals surface area contributed by atoms with Crippen molar-refractivity contribution in [3.05, 3.63) is 65.5 Å². The van der Waals surface area contributed by atoms with Crippen LogP contribution in [-0.2, 0) is 6.54 Å². The van der Waals surface area contributed by atoms with E-state index in [0.29, 0.717) is 6.54 Å². The van der Waals surface area contributed by atoms with Gasteiger partial charge in [-0.3, -0.25) is 0 Å². The van der Waals surface area contributed by atoms with Crippen LogP contribution in [0.1, 0.15) is 11.1 Å². The molecule has 0 aliphatic rings. The van der Waals surface area contributed by atoms with Crippen molar-refractivity contribution in [2.75, 3.05) is 11.9 Å². The number of rotatable bonds is 3. The number of hydrogen-bond donors (Lipinski definition) is 0. The molecule has 0 unspecified atom stereocenters. The molecule has 0 N–H and O–H groups in total. The number of benzene rings is 2. The van der Waals surface area contributed by atoms with E-state index in [1.807, 2.05) is 48.3 Å². The Balaban J connectivity index is 2.18. The molecule has 0 heterocycles. The smallest absolute Gasteiger partial charge is 0.140 e. The second kappa shape index (κ2) is 5.33. The summed E-state index contributed by atoms with van der Waals surface area (Å²) in [5, 5.41) is 8.79. The number of hydrogen-bond acceptors (Lipinski definition) is 2. The fraction of sp³-hybridized carbons (Fsp3) is 0.133. The van der Waals surface area contributed by atoms with Crippen LogP contribution in [0, 0.1) is 17.1 Å². The summed E-state index contributed by atoms with van der Waals surface area (Å²) in [6, 6.07) is 16.4. The Morgan fingerprint density at radius 2 is 1.89 bits per heavy atom. The van der Waals surface area contributed by atoms with Gasteiger partial charge in [-0.1, -0.05) is 24.3 Å². The highest BCUT2D eigenvalue weighted by atomic mass is 19.1. The topological polar surface area (TPSA) is 27.0 Å². The zero-order valence-electron chi connectivity index (χ0n) is 10.1. The van der Waals surface area contributed by atoms with Crippen LogP contribution in [0.25, 0.3) is 0 Å². The van der Waals surface area contributed by atoms with Crippen LogP contribution in [-0.4, -0.2) is 7.05 Å². The van der Waals surface area contributed by atoms with Crippen molar-refractivity contribution in [3.8, 4) is 6.07 Å². The lowest BCUT2D eigenvalue weighted by Gasteiger charge is -2.19. The maximum absolute atomic E-state index is 13.2. The minimum Gasteiger partial charge on any atom is -0.370 e. The third-order valence-corrected chi connectivity index (χ3v) is 2.77. The van der Waals surface area contributed by atoms with Gasteiger partial charge in [0.25, 0.3) is 0 Å². The Hall–Kier alpha value is -2.34. The number of nitrogens with zero attached hydrogens (tertiary/aromatic N) is 2. The second-order valence-corrected chi connectivity index (χ2v) is 4.12. The molecule has 2 aromatic rings. The first-order valence-electron chi connectivity index (χ1n) is 5.65. The lowest BCUT2D eigenvalue weighted by atomic mass is 10.1. The molecule has 0 amide bonds. The van der Waals surface area contributed by atoms with E-state index in [1.165, 1.54) is 6.07 Å². The largest absolute Gasteiger partial charge is 0.370 e. The fourth-order valence-electron chi connectivity index (χ4n) is 1.80. The third-order valence-electron chi connectivity index (χ3n) is 2.77. The molecule has 0 radical (unpaired) electrons. The molecule has 90 valence electrons. The van der Waals surface area contributed by atoms with E-state index in [9.17, 15) is 4.39 Å². The summed E-state index contributed by atoms with van der Waals surface area (Å²) < 4.78 is 13.2. The average Bonchev–Trinajstić information content (AvgIpc) is 2.42. The lowest BCUT2D eigenvalue weighted by Crippen LogP contribution is -2.16. The van der Waals surface area contributed by atoms with Gasteiger partial charge in [-0.2, -0.15) is 5.26 Å². The van der Waals surface area contributed by atoms with Gasteiger partial charge in [-0.25, -0.2) is 4.39 Å².